The number of hydrogen-bond acceptors (Lipinski definition) is 11. The monoisotopic (exact) mass is 1430 g/mol. The van der Waals surface area contributed by atoms with E-state index in [0.717, 1.165) is 0 Å². The molecule has 0 spiro atoms. The second-order valence-corrected chi connectivity index (χ2v) is 17.9. The van der Waals surface area contributed by atoms with Gasteiger partial charge in [0.15, 0.2) is 0 Å². The summed E-state index contributed by atoms with van der Waals surface area (Å²) in [6.45, 7) is 1.05. The fourth-order valence-electron chi connectivity index (χ4n) is 4.53. The van der Waals surface area contributed by atoms with Crippen molar-refractivity contribution in [3.63, 3.8) is 0 Å². The Kier molecular flexibility index (Phi) is 20.7. The summed E-state index contributed by atoms with van der Waals surface area (Å²) in [6, 6.07) is 0. The first-order chi connectivity index (χ1) is 25.1. The van der Waals surface area contributed by atoms with E-state index in [1.54, 1.807) is 0 Å². The summed E-state index contributed by atoms with van der Waals surface area (Å²) in [5.74, 6) is -4.10. The van der Waals surface area contributed by atoms with E-state index in [2.05, 4.69) is 21.3 Å². The molecule has 2 aromatic carbocycles. The zero-order valence-corrected chi connectivity index (χ0v) is 41.8. The van der Waals surface area contributed by atoms with Crippen molar-refractivity contribution in [1.29, 1.82) is 0 Å². The lowest BCUT2D eigenvalue weighted by Crippen LogP contribution is -2.43. The Balaban J connectivity index is 2.51. The maximum absolute atomic E-state index is 14.0. The van der Waals surface area contributed by atoms with E-state index < -0.39 is 53.8 Å². The number of hydrogen-bond donors (Lipinski definition) is 9. The molecule has 298 valence electrons. The molecule has 0 radical (unpaired) electrons. The molecule has 23 heteroatoms. The maximum Gasteiger partial charge on any atom is 0.255 e. The molecule has 17 nitrogen and oxygen atoms in total. The SMILES string of the molecule is C[C@H](O)C(=O)Nc1c(I)c(C(=O)NCCO)c(I)c(C(=O)N(C)CC(O)CN(C)C(=O)c2c(I)c(NC(=O)[C@H](C)O)c(I)c(C(=O)NCCO)c2I)c1I. The average Bonchev–Trinajstić information content (AvgIpc) is 3.09. The van der Waals surface area contributed by atoms with Crippen molar-refractivity contribution in [2.75, 3.05) is 64.1 Å². The van der Waals surface area contributed by atoms with Gasteiger partial charge in [-0.05, 0) is 149 Å². The summed E-state index contributed by atoms with van der Waals surface area (Å²) in [5, 5.41) is 59.5. The fourth-order valence-corrected chi connectivity index (χ4v) is 13.3. The number of benzene rings is 2. The second kappa shape index (κ2) is 22.6. The molecule has 6 amide bonds. The van der Waals surface area contributed by atoms with Crippen LogP contribution in [0.5, 0.6) is 0 Å². The third kappa shape index (κ3) is 12.2. The van der Waals surface area contributed by atoms with Crippen molar-refractivity contribution in [2.24, 2.45) is 0 Å². The van der Waals surface area contributed by atoms with Gasteiger partial charge in [0.2, 0.25) is 0 Å². The molecule has 0 heterocycles. The number of likely N-dealkylation sites (N-methyl/N-ethyl adjacent to an activating group) is 2. The lowest BCUT2D eigenvalue weighted by molar-refractivity contribution is -0.123. The van der Waals surface area contributed by atoms with Crippen molar-refractivity contribution < 1.29 is 54.3 Å². The highest BCUT2D eigenvalue weighted by molar-refractivity contribution is 14.1. The molecule has 2 atom stereocenters. The van der Waals surface area contributed by atoms with Crippen LogP contribution >= 0.6 is 136 Å². The molecule has 0 aliphatic heterocycles. The smallest absolute Gasteiger partial charge is 0.255 e. The first-order valence-corrected chi connectivity index (χ1v) is 22.0. The lowest BCUT2D eigenvalue weighted by atomic mass is 10.1. The van der Waals surface area contributed by atoms with Crippen LogP contribution in [0.15, 0.2) is 0 Å². The van der Waals surface area contributed by atoms with E-state index in [9.17, 15) is 54.3 Å². The number of halogens is 6. The first-order valence-electron chi connectivity index (χ1n) is 15.5. The van der Waals surface area contributed by atoms with Gasteiger partial charge >= 0.3 is 0 Å². The van der Waals surface area contributed by atoms with Gasteiger partial charge in [-0.25, -0.2) is 0 Å². The standard InChI is InChI=1S/C31H36I6N6O11/c1-11(46)26(49)40-24-20(34)14(28(51)38-5-7-44)18(32)16(22(24)36)30(53)42(3)9-13(48)10-43(4)31(54)17-19(33)15(29(52)39-6-8-45)21(35)25(23(17)37)41-27(50)12(2)47/h11-13,44-48H,5-10H2,1-4H3,(H,38,51)(H,39,52)(H,40,49)(H,41,50)/t11-,12-/m0/s1. The number of carbonyl (C=O) groups is 6. The molecule has 0 saturated carbocycles. The quantitative estimate of drug-likeness (QED) is 0.109. The average molecular weight is 1430 g/mol. The Bertz CT molecular complexity index is 1690. The second-order valence-electron chi connectivity index (χ2n) is 11.4. The van der Waals surface area contributed by atoms with Crippen molar-refractivity contribution in [2.45, 2.75) is 32.2 Å². The zero-order valence-electron chi connectivity index (χ0n) is 28.8. The molecule has 0 bridgehead atoms. The van der Waals surface area contributed by atoms with Crippen LogP contribution in [0.4, 0.5) is 11.4 Å². The van der Waals surface area contributed by atoms with Crippen LogP contribution in [-0.2, 0) is 9.59 Å². The van der Waals surface area contributed by atoms with Gasteiger partial charge in [-0.2, -0.15) is 0 Å². The van der Waals surface area contributed by atoms with Gasteiger partial charge in [-0.15, -0.1) is 0 Å². The number of amides is 6. The zero-order chi connectivity index (χ0) is 41.4. The first kappa shape index (κ1) is 49.6. The van der Waals surface area contributed by atoms with Crippen LogP contribution in [0.2, 0.25) is 0 Å². The van der Waals surface area contributed by atoms with Gasteiger partial charge < -0.3 is 56.6 Å². The lowest BCUT2D eigenvalue weighted by Gasteiger charge is -2.28. The van der Waals surface area contributed by atoms with Crippen LogP contribution in [0.1, 0.15) is 55.3 Å². The predicted molar refractivity (Wildman–Crippen MR) is 249 cm³/mol. The third-order valence-corrected chi connectivity index (χ3v) is 13.7. The van der Waals surface area contributed by atoms with Gasteiger partial charge in [-0.1, -0.05) is 0 Å². The molecule has 0 fully saturated rings. The fraction of sp³-hybridized carbons (Fsp3) is 0.419. The Morgan fingerprint density at radius 2 is 0.852 bits per heavy atom. The number of nitrogens with zero attached hydrogens (tertiary/aromatic N) is 2. The minimum atomic E-state index is -1.41. The van der Waals surface area contributed by atoms with Crippen LogP contribution in [0.3, 0.4) is 0 Å². The number of carbonyl (C=O) groups excluding carboxylic acids is 6. The molecular formula is C31H36I6N6O11. The van der Waals surface area contributed by atoms with Gasteiger partial charge in [0, 0.05) is 47.4 Å². The highest BCUT2D eigenvalue weighted by atomic mass is 127. The number of anilines is 2. The molecule has 2 aromatic rings. The summed E-state index contributed by atoms with van der Waals surface area (Å²) in [5.41, 5.74) is 0.344. The number of aliphatic hydroxyl groups is 5. The summed E-state index contributed by atoms with van der Waals surface area (Å²) >= 11 is 11.1. The van der Waals surface area contributed by atoms with Crippen molar-refractivity contribution in [3.05, 3.63) is 43.7 Å². The third-order valence-electron chi connectivity index (χ3n) is 7.23. The molecular weight excluding hydrogens is 1390 g/mol. The molecule has 0 aliphatic rings. The van der Waals surface area contributed by atoms with E-state index in [1.165, 1.54) is 37.7 Å². The van der Waals surface area contributed by atoms with E-state index in [1.807, 2.05) is 136 Å². The van der Waals surface area contributed by atoms with Gasteiger partial charge in [0.1, 0.15) is 12.2 Å². The Labute approximate surface area is 392 Å². The maximum atomic E-state index is 14.0. The van der Waals surface area contributed by atoms with Gasteiger partial charge in [-0.3, -0.25) is 28.8 Å². The Hall–Kier alpha value is -0.560. The number of rotatable bonds is 16. The summed E-state index contributed by atoms with van der Waals surface area (Å²) in [7, 11) is 2.80. The highest BCUT2D eigenvalue weighted by Gasteiger charge is 2.33. The molecule has 54 heavy (non-hydrogen) atoms. The van der Waals surface area contributed by atoms with E-state index in [0.29, 0.717) is 0 Å². The van der Waals surface area contributed by atoms with E-state index in [-0.39, 0.29) is 94.4 Å². The molecule has 2 rings (SSSR count). The Morgan fingerprint density at radius 1 is 0.556 bits per heavy atom. The number of nitrogens with one attached hydrogen (secondary N) is 4. The van der Waals surface area contributed by atoms with Crippen molar-refractivity contribution >= 4 is 182 Å². The molecule has 0 saturated heterocycles. The van der Waals surface area contributed by atoms with Crippen LogP contribution in [0.25, 0.3) is 0 Å². The van der Waals surface area contributed by atoms with Crippen molar-refractivity contribution in [1.82, 2.24) is 20.4 Å². The molecule has 9 N–H and O–H groups in total. The van der Waals surface area contributed by atoms with Crippen molar-refractivity contribution in [3.8, 4) is 0 Å². The summed E-state index contributed by atoms with van der Waals surface area (Å²) < 4.78 is 1.54. The molecule has 0 unspecified atom stereocenters. The molecule has 0 aromatic heterocycles. The largest absolute Gasteiger partial charge is 0.395 e. The van der Waals surface area contributed by atoms with Gasteiger partial charge in [0.25, 0.3) is 35.4 Å². The topological polar surface area (TPSA) is 258 Å². The predicted octanol–water partition coefficient (Wildman–Crippen LogP) is 1.60. The van der Waals surface area contributed by atoms with Crippen LogP contribution in [-0.4, -0.2) is 143 Å². The van der Waals surface area contributed by atoms with E-state index in [4.69, 9.17) is 0 Å². The number of aliphatic hydroxyl groups excluding tert-OH is 5. The van der Waals surface area contributed by atoms with E-state index >= 15 is 0 Å². The highest BCUT2D eigenvalue weighted by Crippen LogP contribution is 2.38. The minimum Gasteiger partial charge on any atom is -0.395 e. The summed E-state index contributed by atoms with van der Waals surface area (Å²) in [4.78, 5) is 81.6. The normalized spacial score (nSPS) is 12.1. The Morgan fingerprint density at radius 3 is 1.13 bits per heavy atom. The summed E-state index contributed by atoms with van der Waals surface area (Å²) in [6.07, 6.45) is -4.14. The van der Waals surface area contributed by atoms with Crippen LogP contribution < -0.4 is 21.3 Å². The van der Waals surface area contributed by atoms with Crippen LogP contribution in [0, 0.1) is 21.4 Å². The molecule has 0 aliphatic carbocycles. The minimum absolute atomic E-state index is 0.0209. The van der Waals surface area contributed by atoms with Gasteiger partial charge in [0.05, 0.1) is 67.2 Å².